The van der Waals surface area contributed by atoms with Crippen molar-refractivity contribution < 1.29 is 0 Å². The zero-order valence-electron chi connectivity index (χ0n) is 27.1. The lowest BCUT2D eigenvalue weighted by Gasteiger charge is -2.08. The Morgan fingerprint density at radius 2 is 0.625 bits per heavy atom. The second-order valence-electron chi connectivity index (χ2n) is 14.3. The Kier molecular flexibility index (Phi) is 13.3. The van der Waals surface area contributed by atoms with Crippen LogP contribution in [0.25, 0.3) is 0 Å². The molecule has 0 aliphatic carbocycles. The van der Waals surface area contributed by atoms with Crippen LogP contribution in [0.2, 0.25) is 78.6 Å². The predicted octanol–water partition coefficient (Wildman–Crippen LogP) is 10.4. The third-order valence-electron chi connectivity index (χ3n) is 4.92. The summed E-state index contributed by atoms with van der Waals surface area (Å²) in [5, 5.41) is 0. The highest BCUT2D eigenvalue weighted by Gasteiger charge is 2.12. The van der Waals surface area contributed by atoms with Crippen molar-refractivity contribution in [1.29, 1.82) is 0 Å². The van der Waals surface area contributed by atoms with Gasteiger partial charge in [-0.25, -0.2) is 0 Å². The quantitative estimate of drug-likeness (QED) is 0.187. The van der Waals surface area contributed by atoms with Gasteiger partial charge in [0.2, 0.25) is 0 Å². The maximum absolute atomic E-state index is 3.61. The molecule has 0 fully saturated rings. The largest absolute Gasteiger partial charge is 0.129 e. The first-order chi connectivity index (χ1) is 18.0. The summed E-state index contributed by atoms with van der Waals surface area (Å²) < 4.78 is 2.04. The van der Waals surface area contributed by atoms with E-state index in [0.29, 0.717) is 0 Å². The summed E-state index contributed by atoms with van der Waals surface area (Å²) in [6.45, 7) is 31.4. The summed E-state index contributed by atoms with van der Waals surface area (Å²) in [6.07, 6.45) is 0. The summed E-state index contributed by atoms with van der Waals surface area (Å²) in [5.74, 6) is 13.3. The van der Waals surface area contributed by atoms with E-state index in [0.717, 1.165) is 31.2 Å². The van der Waals surface area contributed by atoms with Crippen molar-refractivity contribution in [2.75, 3.05) is 0 Å². The summed E-state index contributed by atoms with van der Waals surface area (Å²) in [5.41, 5.74) is 20.5. The Morgan fingerprint density at radius 3 is 0.850 bits per heavy atom. The zero-order valence-corrected chi connectivity index (χ0v) is 34.2. The van der Waals surface area contributed by atoms with E-state index >= 15 is 0 Å². The Labute approximate surface area is 267 Å². The van der Waals surface area contributed by atoms with E-state index in [-0.39, 0.29) is 0 Å². The summed E-state index contributed by atoms with van der Waals surface area (Å²) in [7, 11) is -5.34. The van der Waals surface area contributed by atoms with Gasteiger partial charge in [-0.3, -0.25) is 0 Å². The molecule has 6 heteroatoms. The van der Waals surface area contributed by atoms with Crippen LogP contribution in [-0.2, 0) is 0 Å². The van der Waals surface area contributed by atoms with E-state index in [1.54, 1.807) is 0 Å². The van der Waals surface area contributed by atoms with Crippen molar-refractivity contribution in [2.24, 2.45) is 0 Å². The molecule has 40 heavy (non-hydrogen) atoms. The Bertz CT molecular complexity index is 1250. The highest BCUT2D eigenvalue weighted by molar-refractivity contribution is 9.11. The molecule has 0 aromatic heterocycles. The number of aryl methyl sites for hydroxylation is 2. The van der Waals surface area contributed by atoms with Crippen molar-refractivity contribution in [3.8, 4) is 45.9 Å². The average molecular weight is 727 g/mol. The third-order valence-corrected chi connectivity index (χ3v) is 9.73. The van der Waals surface area contributed by atoms with Crippen LogP contribution in [0.3, 0.4) is 0 Å². The van der Waals surface area contributed by atoms with Crippen LogP contribution in [0.1, 0.15) is 33.4 Å². The molecule has 0 spiro atoms. The first kappa shape index (κ1) is 36.5. The van der Waals surface area contributed by atoms with Crippen molar-refractivity contribution in [3.05, 3.63) is 66.6 Å². The predicted molar refractivity (Wildman–Crippen MR) is 199 cm³/mol. The highest BCUT2D eigenvalue weighted by atomic mass is 79.9. The number of rotatable bonds is 0. The van der Waals surface area contributed by atoms with Crippen LogP contribution in [0.15, 0.2) is 33.2 Å². The van der Waals surface area contributed by atoms with Crippen LogP contribution in [0, 0.1) is 59.7 Å². The van der Waals surface area contributed by atoms with Crippen molar-refractivity contribution in [2.45, 2.75) is 92.4 Å². The molecule has 0 aliphatic heterocycles. The maximum atomic E-state index is 3.61. The average Bonchev–Trinajstić information content (AvgIpc) is 2.76. The topological polar surface area (TPSA) is 0 Å². The SMILES string of the molecule is C[Si](C)(C)C#Cc1cc(Br)c(C#C[Si](C)(C)C)cc1Br.Cc1cc(C#C[Si](C)(C)C)c(C)cc1C#C[Si](C)(C)C. The summed E-state index contributed by atoms with van der Waals surface area (Å²) >= 11 is 7.21. The molecule has 0 aliphatic rings. The molecule has 0 amide bonds. The van der Waals surface area contributed by atoms with Crippen LogP contribution in [0.4, 0.5) is 0 Å². The molecule has 0 bridgehead atoms. The number of hydrogen-bond donors (Lipinski definition) is 0. The first-order valence-corrected chi connectivity index (χ1v) is 29.3. The van der Waals surface area contributed by atoms with E-state index in [4.69, 9.17) is 0 Å². The summed E-state index contributed by atoms with van der Waals surface area (Å²) in [6, 6.07) is 8.50. The molecule has 2 rings (SSSR count). The smallest absolute Gasteiger partial charge is 0.127 e. The van der Waals surface area contributed by atoms with Gasteiger partial charge in [0.05, 0.1) is 0 Å². The zero-order chi connectivity index (χ0) is 31.1. The van der Waals surface area contributed by atoms with Gasteiger partial charge in [0.25, 0.3) is 0 Å². The Hall–Kier alpha value is -1.49. The molecular weight excluding hydrogens is 681 g/mol. The monoisotopic (exact) mass is 724 g/mol. The van der Waals surface area contributed by atoms with Crippen molar-refractivity contribution in [3.63, 3.8) is 0 Å². The van der Waals surface area contributed by atoms with Crippen LogP contribution >= 0.6 is 31.9 Å². The van der Waals surface area contributed by atoms with Crippen molar-refractivity contribution >= 4 is 64.2 Å². The van der Waals surface area contributed by atoms with Crippen LogP contribution in [-0.4, -0.2) is 32.3 Å². The first-order valence-electron chi connectivity index (χ1n) is 13.7. The lowest BCUT2D eigenvalue weighted by Crippen LogP contribution is -2.16. The van der Waals surface area contributed by atoms with Gasteiger partial charge in [0, 0.05) is 31.2 Å². The Morgan fingerprint density at radius 1 is 0.400 bits per heavy atom. The molecule has 0 atom stereocenters. The lowest BCUT2D eigenvalue weighted by atomic mass is 10.0. The van der Waals surface area contributed by atoms with Gasteiger partial charge in [-0.05, 0) is 81.1 Å². The van der Waals surface area contributed by atoms with E-state index < -0.39 is 32.3 Å². The van der Waals surface area contributed by atoms with Gasteiger partial charge < -0.3 is 0 Å². The minimum absolute atomic E-state index is 1.02. The van der Waals surface area contributed by atoms with E-state index in [1.807, 2.05) is 0 Å². The highest BCUT2D eigenvalue weighted by Crippen LogP contribution is 2.25. The fraction of sp³-hybridized carbons (Fsp3) is 0.412. The maximum Gasteiger partial charge on any atom is 0.129 e. The van der Waals surface area contributed by atoms with Crippen molar-refractivity contribution in [1.82, 2.24) is 0 Å². The van der Waals surface area contributed by atoms with E-state index in [2.05, 4.69) is 194 Å². The molecule has 0 nitrogen and oxygen atoms in total. The molecule has 0 unspecified atom stereocenters. The molecule has 0 saturated carbocycles. The van der Waals surface area contributed by atoms with E-state index in [1.165, 1.54) is 11.1 Å². The standard InChI is InChI=1S/C18H26Si2.C16H20Br2Si2/c1-15-13-18(10-12-20(6,7)8)16(2)14-17(15)9-11-19(3,4)5;1-19(2,3)9-7-13-11-16(18)14(12-15(13)17)8-10-20(4,5)6/h13-14H,1-8H3;11-12H,1-6H3. The Balaban J connectivity index is 0.000000400. The number of benzene rings is 2. The second-order valence-corrected chi connectivity index (χ2v) is 35.0. The van der Waals surface area contributed by atoms with E-state index in [9.17, 15) is 0 Å². The van der Waals surface area contributed by atoms with Gasteiger partial charge >= 0.3 is 0 Å². The van der Waals surface area contributed by atoms with Gasteiger partial charge in [0.15, 0.2) is 0 Å². The second kappa shape index (κ2) is 14.6. The van der Waals surface area contributed by atoms with Gasteiger partial charge in [-0.15, -0.1) is 22.2 Å². The molecule has 0 saturated heterocycles. The minimum Gasteiger partial charge on any atom is -0.127 e. The van der Waals surface area contributed by atoms with Gasteiger partial charge in [-0.1, -0.05) is 102 Å². The molecular formula is C34H46Br2Si4. The number of hydrogen-bond acceptors (Lipinski definition) is 0. The molecule has 0 N–H and O–H groups in total. The molecule has 212 valence electrons. The normalized spacial score (nSPS) is 11.2. The molecule has 2 aromatic rings. The minimum atomic E-state index is -1.35. The molecule has 2 aromatic carbocycles. The van der Waals surface area contributed by atoms with Crippen LogP contribution < -0.4 is 0 Å². The fourth-order valence-corrected chi connectivity index (χ4v) is 5.77. The lowest BCUT2D eigenvalue weighted by molar-refractivity contribution is 1.35. The van der Waals surface area contributed by atoms with Gasteiger partial charge in [0.1, 0.15) is 32.3 Å². The molecule has 0 heterocycles. The van der Waals surface area contributed by atoms with Gasteiger partial charge in [-0.2, -0.15) is 0 Å². The molecule has 0 radical (unpaired) electrons. The third kappa shape index (κ3) is 15.5. The summed E-state index contributed by atoms with van der Waals surface area (Å²) in [4.78, 5) is 0. The van der Waals surface area contributed by atoms with Crippen LogP contribution in [0.5, 0.6) is 0 Å². The fourth-order valence-electron chi connectivity index (χ4n) is 2.84. The number of halogens is 2.